The van der Waals surface area contributed by atoms with Crippen molar-refractivity contribution in [3.63, 3.8) is 0 Å². The highest BCUT2D eigenvalue weighted by atomic mass is 16.6. The number of ether oxygens (including phenoxy) is 7. The number of carbonyl (C=O) groups excluding carboxylic acids is 2. The predicted molar refractivity (Wildman–Crippen MR) is 196 cm³/mol. The molecule has 6 heterocycles. The number of fused-ring (bicyclic) bond motifs is 7. The monoisotopic (exact) mass is 764 g/mol. The van der Waals surface area contributed by atoms with Crippen LogP contribution in [0.3, 0.4) is 0 Å². The minimum absolute atomic E-state index is 0.0274. The van der Waals surface area contributed by atoms with Crippen LogP contribution < -0.4 is 0 Å². The van der Waals surface area contributed by atoms with E-state index in [0.29, 0.717) is 38.5 Å². The molecule has 6 saturated heterocycles. The lowest BCUT2D eigenvalue weighted by Crippen LogP contribution is -2.63. The smallest absolute Gasteiger partial charge is 0.135 e. The van der Waals surface area contributed by atoms with Crippen molar-refractivity contribution in [2.45, 2.75) is 189 Å². The minimum Gasteiger partial charge on any atom is -0.394 e. The maximum atomic E-state index is 13.9. The summed E-state index contributed by atoms with van der Waals surface area (Å²) in [7, 11) is 1.58. The largest absolute Gasteiger partial charge is 0.394 e. The Bertz CT molecular complexity index is 1310. The summed E-state index contributed by atoms with van der Waals surface area (Å²) in [6.07, 6.45) is -2.49. The Morgan fingerprint density at radius 1 is 0.815 bits per heavy atom. The van der Waals surface area contributed by atoms with Crippen LogP contribution >= 0.6 is 0 Å². The van der Waals surface area contributed by atoms with Crippen molar-refractivity contribution in [1.29, 1.82) is 0 Å². The van der Waals surface area contributed by atoms with Gasteiger partial charge in [0, 0.05) is 51.6 Å². The molecule has 0 aromatic rings. The maximum absolute atomic E-state index is 13.9. The molecule has 0 aliphatic carbocycles. The van der Waals surface area contributed by atoms with Gasteiger partial charge in [0.1, 0.15) is 36.0 Å². The van der Waals surface area contributed by atoms with Crippen molar-refractivity contribution in [2.75, 3.05) is 20.3 Å². The van der Waals surface area contributed by atoms with Crippen LogP contribution in [0.15, 0.2) is 24.3 Å². The standard InChI is InChI=1S/C41H64O13/c1-21-14-29-8-10-32-22(2)15-28(50-32)7-6-25(44)12-13-49-41-37(47)40-33(54-38(41)24(4)43)11-9-30(52-40)16-26(45)17-31-35(19-34(51-29)23(21)3)53-36(39(31)48-5)18-27(46)20-42/h21,24,27-43,46-47H,2-3,6-20H2,1,4-5H3/t21-,24?,27?,28?,29+,30?,31?,32?,33?,34?,35+,36?,37?,38?,39-,40+,41?/m1/s1. The molecule has 306 valence electrons. The van der Waals surface area contributed by atoms with Crippen molar-refractivity contribution in [2.24, 2.45) is 11.8 Å². The molecule has 0 aromatic heterocycles. The third-order valence-corrected chi connectivity index (χ3v) is 12.8. The van der Waals surface area contributed by atoms with Gasteiger partial charge >= 0.3 is 0 Å². The summed E-state index contributed by atoms with van der Waals surface area (Å²) >= 11 is 0. The fourth-order valence-electron chi connectivity index (χ4n) is 9.74. The van der Waals surface area contributed by atoms with E-state index in [1.54, 1.807) is 14.0 Å². The van der Waals surface area contributed by atoms with Gasteiger partial charge in [0.15, 0.2) is 0 Å². The van der Waals surface area contributed by atoms with E-state index in [1.807, 2.05) is 0 Å². The predicted octanol–water partition coefficient (Wildman–Crippen LogP) is 2.91. The highest BCUT2D eigenvalue weighted by molar-refractivity contribution is 5.79. The Hall–Kier alpha value is -1.62. The average molecular weight is 765 g/mol. The summed E-state index contributed by atoms with van der Waals surface area (Å²) in [5.74, 6) is -0.156. The Labute approximate surface area is 319 Å². The highest BCUT2D eigenvalue weighted by Gasteiger charge is 2.52. The number of aliphatic hydroxyl groups excluding tert-OH is 4. The molecular weight excluding hydrogens is 700 g/mol. The molecular formula is C41H64O13. The summed E-state index contributed by atoms with van der Waals surface area (Å²) in [5.41, 5.74) is 2.01. The second-order valence-electron chi connectivity index (χ2n) is 16.8. The number of methoxy groups -OCH3 is 1. The van der Waals surface area contributed by atoms with E-state index < -0.39 is 73.8 Å². The van der Waals surface area contributed by atoms with E-state index in [9.17, 15) is 30.0 Å². The van der Waals surface area contributed by atoms with Crippen LogP contribution in [0.25, 0.3) is 0 Å². The van der Waals surface area contributed by atoms with Gasteiger partial charge in [-0.2, -0.15) is 0 Å². The van der Waals surface area contributed by atoms with Gasteiger partial charge in [-0.15, -0.1) is 0 Å². The van der Waals surface area contributed by atoms with Crippen LogP contribution in [-0.4, -0.2) is 144 Å². The van der Waals surface area contributed by atoms with Crippen LogP contribution in [0.2, 0.25) is 0 Å². The second kappa shape index (κ2) is 18.8. The first-order chi connectivity index (χ1) is 25.8. The molecule has 54 heavy (non-hydrogen) atoms. The SMILES string of the molecule is C=C1CC2CCC(=O)CCOC3C(C(C)O)OC4CCC(CC(=O)CC5[C@@H](OC)C(CC(O)CO)O[C@H]5CC5O[C@@H](CCC1O2)C[C@@H](C)C5=C)O[C@@H]4C3O. The van der Waals surface area contributed by atoms with Gasteiger partial charge < -0.3 is 53.6 Å². The Balaban J connectivity index is 1.22. The molecule has 4 N–H and O–H groups in total. The molecule has 6 aliphatic heterocycles. The first kappa shape index (κ1) is 42.0. The molecule has 0 spiro atoms. The minimum atomic E-state index is -1.14. The zero-order chi connectivity index (χ0) is 38.7. The van der Waals surface area contributed by atoms with Crippen LogP contribution in [0.4, 0.5) is 0 Å². The fourth-order valence-corrected chi connectivity index (χ4v) is 9.74. The van der Waals surface area contributed by atoms with Gasteiger partial charge in [-0.3, -0.25) is 9.59 Å². The van der Waals surface area contributed by atoms with Gasteiger partial charge in [0.25, 0.3) is 0 Å². The third kappa shape index (κ3) is 9.90. The van der Waals surface area contributed by atoms with E-state index in [4.69, 9.17) is 33.2 Å². The summed E-state index contributed by atoms with van der Waals surface area (Å²) in [6, 6.07) is 0. The van der Waals surface area contributed by atoms with Gasteiger partial charge in [-0.05, 0) is 68.9 Å². The van der Waals surface area contributed by atoms with Crippen molar-refractivity contribution in [3.8, 4) is 0 Å². The molecule has 0 saturated carbocycles. The van der Waals surface area contributed by atoms with Crippen molar-refractivity contribution >= 4 is 11.6 Å². The molecule has 17 atom stereocenters. The first-order valence-corrected chi connectivity index (χ1v) is 20.3. The fraction of sp³-hybridized carbons (Fsp3) is 0.854. The topological polar surface area (TPSA) is 180 Å². The number of rotatable bonds is 5. The van der Waals surface area contributed by atoms with Gasteiger partial charge in [-0.25, -0.2) is 0 Å². The number of hydrogen-bond acceptors (Lipinski definition) is 13. The highest BCUT2D eigenvalue weighted by Crippen LogP contribution is 2.42. The lowest BCUT2D eigenvalue weighted by Gasteiger charge is -2.48. The van der Waals surface area contributed by atoms with E-state index in [0.717, 1.165) is 30.4 Å². The summed E-state index contributed by atoms with van der Waals surface area (Å²) in [6.45, 7) is 12.1. The molecule has 7 bridgehead atoms. The van der Waals surface area contributed by atoms with Crippen LogP contribution in [0, 0.1) is 11.8 Å². The lowest BCUT2D eigenvalue weighted by molar-refractivity contribution is -0.284. The molecule has 6 fully saturated rings. The lowest BCUT2D eigenvalue weighted by atomic mass is 9.81. The third-order valence-electron chi connectivity index (χ3n) is 12.8. The van der Waals surface area contributed by atoms with Crippen molar-refractivity contribution in [1.82, 2.24) is 0 Å². The Morgan fingerprint density at radius 3 is 2.30 bits per heavy atom. The summed E-state index contributed by atoms with van der Waals surface area (Å²) in [4.78, 5) is 26.8. The Kier molecular flexibility index (Phi) is 14.6. The summed E-state index contributed by atoms with van der Waals surface area (Å²) < 4.78 is 44.3. The number of Topliss-reactive ketones (excluding diaryl/α,β-unsaturated/α-hetero) is 2. The second-order valence-corrected chi connectivity index (χ2v) is 16.8. The molecule has 13 heteroatoms. The van der Waals surface area contributed by atoms with Gasteiger partial charge in [-0.1, -0.05) is 20.1 Å². The average Bonchev–Trinajstić information content (AvgIpc) is 3.65. The van der Waals surface area contributed by atoms with Crippen LogP contribution in [-0.2, 0) is 42.7 Å². The van der Waals surface area contributed by atoms with Crippen LogP contribution in [0.5, 0.6) is 0 Å². The summed E-state index contributed by atoms with van der Waals surface area (Å²) in [5, 5.41) is 42.1. The molecule has 0 radical (unpaired) electrons. The van der Waals surface area contributed by atoms with E-state index in [1.165, 1.54) is 0 Å². The molecule has 12 unspecified atom stereocenters. The molecule has 6 aliphatic rings. The van der Waals surface area contributed by atoms with Gasteiger partial charge in [0.05, 0.1) is 80.4 Å². The van der Waals surface area contributed by atoms with E-state index >= 15 is 0 Å². The maximum Gasteiger partial charge on any atom is 0.135 e. The van der Waals surface area contributed by atoms with E-state index in [2.05, 4.69) is 20.1 Å². The van der Waals surface area contributed by atoms with Crippen LogP contribution in [0.1, 0.15) is 97.3 Å². The van der Waals surface area contributed by atoms with E-state index in [-0.39, 0.29) is 80.1 Å². The quantitative estimate of drug-likeness (QED) is 0.301. The van der Waals surface area contributed by atoms with Gasteiger partial charge in [0.2, 0.25) is 0 Å². The molecule has 0 amide bonds. The van der Waals surface area contributed by atoms with Crippen molar-refractivity contribution in [3.05, 3.63) is 24.3 Å². The Morgan fingerprint density at radius 2 is 1.56 bits per heavy atom. The van der Waals surface area contributed by atoms with Crippen molar-refractivity contribution < 1.29 is 63.2 Å². The first-order valence-electron chi connectivity index (χ1n) is 20.3. The normalized spacial score (nSPS) is 44.3. The molecule has 13 nitrogen and oxygen atoms in total. The molecule has 6 rings (SSSR count). The number of ketones is 2. The number of hydrogen-bond donors (Lipinski definition) is 4. The number of carbonyl (C=O) groups is 2. The molecule has 0 aromatic carbocycles. The number of aliphatic hydroxyl groups is 4. The zero-order valence-corrected chi connectivity index (χ0v) is 32.3. The zero-order valence-electron chi connectivity index (χ0n) is 32.3.